The zero-order valence-corrected chi connectivity index (χ0v) is 12.9. The fraction of sp³-hybridized carbons (Fsp3) is 0.188. The van der Waals surface area contributed by atoms with Gasteiger partial charge in [0.15, 0.2) is 0 Å². The van der Waals surface area contributed by atoms with Crippen LogP contribution in [0.15, 0.2) is 40.9 Å². The molecule has 0 unspecified atom stereocenters. The third kappa shape index (κ3) is 2.65. The van der Waals surface area contributed by atoms with Crippen LogP contribution in [0, 0.1) is 5.82 Å². The number of carbonyl (C=O) groups excluding carboxylic acids is 1. The topological polar surface area (TPSA) is 46.3 Å². The molecule has 0 atom stereocenters. The molecule has 1 heterocycles. The van der Waals surface area contributed by atoms with Crippen LogP contribution in [0.4, 0.5) is 15.8 Å². The summed E-state index contributed by atoms with van der Waals surface area (Å²) >= 11 is 3.09. The average molecular weight is 349 g/mol. The molecule has 1 aliphatic heterocycles. The van der Waals surface area contributed by atoms with Crippen molar-refractivity contribution in [2.75, 3.05) is 17.2 Å². The van der Waals surface area contributed by atoms with Gasteiger partial charge in [0.25, 0.3) is 5.91 Å². The van der Waals surface area contributed by atoms with Crippen molar-refractivity contribution < 1.29 is 9.18 Å². The minimum atomic E-state index is -0.439. The molecular weight excluding hydrogens is 335 g/mol. The average Bonchev–Trinajstić information content (AvgIpc) is 2.48. The summed E-state index contributed by atoms with van der Waals surface area (Å²) in [7, 11) is 0. The summed E-state index contributed by atoms with van der Waals surface area (Å²) in [5.41, 5.74) is 8.71. The van der Waals surface area contributed by atoms with Crippen LogP contribution in [0.1, 0.15) is 22.3 Å². The first-order valence-corrected chi connectivity index (χ1v) is 7.51. The molecular formula is C16H14BrFN2O. The van der Waals surface area contributed by atoms with Gasteiger partial charge >= 0.3 is 0 Å². The highest BCUT2D eigenvalue weighted by molar-refractivity contribution is 9.10. The monoisotopic (exact) mass is 348 g/mol. The molecule has 0 radical (unpaired) electrons. The van der Waals surface area contributed by atoms with Gasteiger partial charge in [-0.1, -0.05) is 6.07 Å². The molecule has 1 amide bonds. The van der Waals surface area contributed by atoms with Gasteiger partial charge in [-0.3, -0.25) is 4.79 Å². The van der Waals surface area contributed by atoms with Crippen molar-refractivity contribution in [1.82, 2.24) is 0 Å². The number of carbonyl (C=O) groups is 1. The van der Waals surface area contributed by atoms with Gasteiger partial charge in [-0.05, 0) is 64.7 Å². The molecule has 0 spiro atoms. The number of benzene rings is 2. The molecule has 0 aromatic heterocycles. The van der Waals surface area contributed by atoms with Crippen molar-refractivity contribution in [3.05, 3.63) is 57.8 Å². The molecule has 3 nitrogen and oxygen atoms in total. The summed E-state index contributed by atoms with van der Waals surface area (Å²) in [6.45, 7) is 0.618. The fourth-order valence-electron chi connectivity index (χ4n) is 2.59. The second-order valence-corrected chi connectivity index (χ2v) is 5.93. The zero-order valence-electron chi connectivity index (χ0n) is 11.3. The van der Waals surface area contributed by atoms with E-state index in [1.54, 1.807) is 17.0 Å². The first-order valence-electron chi connectivity index (χ1n) is 6.71. The lowest BCUT2D eigenvalue weighted by molar-refractivity contribution is 0.0984. The summed E-state index contributed by atoms with van der Waals surface area (Å²) in [5.74, 6) is -0.640. The van der Waals surface area contributed by atoms with Gasteiger partial charge in [0.2, 0.25) is 0 Å². The van der Waals surface area contributed by atoms with E-state index in [0.717, 1.165) is 24.1 Å². The summed E-state index contributed by atoms with van der Waals surface area (Å²) in [6, 6.07) is 10.0. The lowest BCUT2D eigenvalue weighted by Crippen LogP contribution is -2.35. The lowest BCUT2D eigenvalue weighted by Gasteiger charge is -2.30. The third-order valence-electron chi connectivity index (χ3n) is 3.64. The summed E-state index contributed by atoms with van der Waals surface area (Å²) in [6.07, 6.45) is 1.82. The fourth-order valence-corrected chi connectivity index (χ4v) is 2.83. The molecule has 5 heteroatoms. The molecule has 0 fully saturated rings. The predicted octanol–water partition coefficient (Wildman–Crippen LogP) is 3.76. The van der Waals surface area contributed by atoms with Crippen LogP contribution in [0.25, 0.3) is 0 Å². The summed E-state index contributed by atoms with van der Waals surface area (Å²) < 4.78 is 14.0. The SMILES string of the molecule is Nc1ccc2c(c1)N(C(=O)c1ccc(Br)c(F)c1)CCC2. The maximum absolute atomic E-state index is 13.6. The Balaban J connectivity index is 1.99. The van der Waals surface area contributed by atoms with Crippen LogP contribution < -0.4 is 10.6 Å². The van der Waals surface area contributed by atoms with E-state index in [2.05, 4.69) is 15.9 Å². The normalized spacial score (nSPS) is 13.9. The predicted molar refractivity (Wildman–Crippen MR) is 85.0 cm³/mol. The molecule has 0 saturated carbocycles. The number of fused-ring (bicyclic) bond motifs is 1. The lowest BCUT2D eigenvalue weighted by atomic mass is 10.00. The van der Waals surface area contributed by atoms with Crippen molar-refractivity contribution in [2.45, 2.75) is 12.8 Å². The standard InChI is InChI=1S/C16H14BrFN2O/c17-13-6-4-11(8-14(13)18)16(21)20-7-1-2-10-3-5-12(19)9-15(10)20/h3-6,8-9H,1-2,7,19H2. The Morgan fingerprint density at radius 2 is 2.05 bits per heavy atom. The first kappa shape index (κ1) is 14.1. The minimum Gasteiger partial charge on any atom is -0.399 e. The number of rotatable bonds is 1. The highest BCUT2D eigenvalue weighted by Crippen LogP contribution is 2.30. The van der Waals surface area contributed by atoms with E-state index >= 15 is 0 Å². The number of hydrogen-bond donors (Lipinski definition) is 1. The van der Waals surface area contributed by atoms with Crippen molar-refractivity contribution in [3.63, 3.8) is 0 Å². The Hall–Kier alpha value is -1.88. The number of amides is 1. The molecule has 3 rings (SSSR count). The van der Waals surface area contributed by atoms with Gasteiger partial charge in [0.1, 0.15) is 5.82 Å². The van der Waals surface area contributed by atoms with Crippen LogP contribution in [0.2, 0.25) is 0 Å². The minimum absolute atomic E-state index is 0.201. The van der Waals surface area contributed by atoms with Crippen molar-refractivity contribution in [2.24, 2.45) is 0 Å². The number of nitrogen functional groups attached to an aromatic ring is 1. The maximum Gasteiger partial charge on any atom is 0.258 e. The van der Waals surface area contributed by atoms with Crippen molar-refractivity contribution in [3.8, 4) is 0 Å². The number of hydrogen-bond acceptors (Lipinski definition) is 2. The van der Waals surface area contributed by atoms with Crippen LogP contribution in [0.3, 0.4) is 0 Å². The van der Waals surface area contributed by atoms with E-state index in [-0.39, 0.29) is 5.91 Å². The van der Waals surface area contributed by atoms with Crippen LogP contribution >= 0.6 is 15.9 Å². The molecule has 0 bridgehead atoms. The van der Waals surface area contributed by atoms with Crippen LogP contribution in [-0.4, -0.2) is 12.5 Å². The highest BCUT2D eigenvalue weighted by Gasteiger charge is 2.24. The quantitative estimate of drug-likeness (QED) is 0.797. The van der Waals surface area contributed by atoms with Gasteiger partial charge in [-0.15, -0.1) is 0 Å². The van der Waals surface area contributed by atoms with E-state index in [1.165, 1.54) is 6.07 Å². The molecule has 2 aromatic rings. The van der Waals surface area contributed by atoms with E-state index in [0.29, 0.717) is 22.3 Å². The Bertz CT molecular complexity index is 717. The second-order valence-electron chi connectivity index (χ2n) is 5.08. The van der Waals surface area contributed by atoms with Crippen LogP contribution in [0.5, 0.6) is 0 Å². The number of nitrogens with zero attached hydrogens (tertiary/aromatic N) is 1. The summed E-state index contributed by atoms with van der Waals surface area (Å²) in [5, 5.41) is 0. The molecule has 108 valence electrons. The number of nitrogens with two attached hydrogens (primary N) is 1. The van der Waals surface area contributed by atoms with E-state index in [1.807, 2.05) is 18.2 Å². The van der Waals surface area contributed by atoms with Crippen LogP contribution in [-0.2, 0) is 6.42 Å². The third-order valence-corrected chi connectivity index (χ3v) is 4.28. The number of anilines is 2. The van der Waals surface area contributed by atoms with Gasteiger partial charge < -0.3 is 10.6 Å². The smallest absolute Gasteiger partial charge is 0.258 e. The van der Waals surface area contributed by atoms with E-state index in [9.17, 15) is 9.18 Å². The summed E-state index contributed by atoms with van der Waals surface area (Å²) in [4.78, 5) is 14.3. The molecule has 2 aromatic carbocycles. The highest BCUT2D eigenvalue weighted by atomic mass is 79.9. The van der Waals surface area contributed by atoms with Gasteiger partial charge in [0.05, 0.1) is 4.47 Å². The Kier molecular flexibility index (Phi) is 3.68. The maximum atomic E-state index is 13.6. The number of aryl methyl sites for hydroxylation is 1. The number of halogens is 2. The molecule has 0 aliphatic carbocycles. The molecule has 1 aliphatic rings. The molecule has 21 heavy (non-hydrogen) atoms. The van der Waals surface area contributed by atoms with E-state index < -0.39 is 5.82 Å². The Morgan fingerprint density at radius 3 is 2.81 bits per heavy atom. The second kappa shape index (κ2) is 5.48. The zero-order chi connectivity index (χ0) is 15.0. The van der Waals surface area contributed by atoms with Crippen molar-refractivity contribution >= 4 is 33.2 Å². The largest absolute Gasteiger partial charge is 0.399 e. The van der Waals surface area contributed by atoms with Crippen molar-refractivity contribution in [1.29, 1.82) is 0 Å². The Labute approximate surface area is 130 Å². The van der Waals surface area contributed by atoms with E-state index in [4.69, 9.17) is 5.73 Å². The van der Waals surface area contributed by atoms with Gasteiger partial charge in [-0.25, -0.2) is 4.39 Å². The van der Waals surface area contributed by atoms with Gasteiger partial charge in [0, 0.05) is 23.5 Å². The molecule has 2 N–H and O–H groups in total. The first-order chi connectivity index (χ1) is 10.1. The molecule has 0 saturated heterocycles. The Morgan fingerprint density at radius 1 is 1.24 bits per heavy atom. The van der Waals surface area contributed by atoms with Gasteiger partial charge in [-0.2, -0.15) is 0 Å².